The Bertz CT molecular complexity index is 1570. The van der Waals surface area contributed by atoms with Crippen molar-refractivity contribution in [2.45, 2.75) is 55.5 Å². The highest BCUT2D eigenvalue weighted by Crippen LogP contribution is 2.44. The number of sulfone groups is 1. The van der Waals surface area contributed by atoms with Gasteiger partial charge in [0.05, 0.1) is 27.3 Å². The van der Waals surface area contributed by atoms with Crippen LogP contribution < -0.4 is 10.1 Å². The van der Waals surface area contributed by atoms with E-state index in [1.165, 1.54) is 12.1 Å². The second-order valence-electron chi connectivity index (χ2n) is 9.81. The first-order chi connectivity index (χ1) is 19.3. The van der Waals surface area contributed by atoms with Gasteiger partial charge in [-0.3, -0.25) is 4.79 Å². The van der Waals surface area contributed by atoms with Gasteiger partial charge in [0.1, 0.15) is 17.7 Å². The van der Waals surface area contributed by atoms with Crippen molar-refractivity contribution in [1.82, 2.24) is 5.32 Å². The molecule has 0 bridgehead atoms. The second kappa shape index (κ2) is 12.2. The highest BCUT2D eigenvalue weighted by atomic mass is 35.5. The molecule has 2 atom stereocenters. The topological polar surface area (TPSA) is 72.5 Å². The van der Waals surface area contributed by atoms with Crippen LogP contribution in [0, 0.1) is 5.82 Å². The lowest BCUT2D eigenvalue weighted by atomic mass is 9.97. The number of rotatable bonds is 8. The summed E-state index contributed by atoms with van der Waals surface area (Å²) < 4.78 is 88.5. The summed E-state index contributed by atoms with van der Waals surface area (Å²) in [5, 5.41) is 1.66. The summed E-state index contributed by atoms with van der Waals surface area (Å²) in [4.78, 5) is 11.6. The number of alkyl halides is 3. The lowest BCUT2D eigenvalue weighted by Gasteiger charge is -2.32. The molecule has 0 aromatic heterocycles. The van der Waals surface area contributed by atoms with Crippen molar-refractivity contribution in [2.75, 3.05) is 6.54 Å². The molecule has 2 unspecified atom stereocenters. The van der Waals surface area contributed by atoms with Crippen molar-refractivity contribution in [3.63, 3.8) is 0 Å². The quantitative estimate of drug-likeness (QED) is 0.210. The molecular weight excluding hydrogens is 582 g/mol. The van der Waals surface area contributed by atoms with Gasteiger partial charge in [-0.15, -0.1) is 0 Å². The van der Waals surface area contributed by atoms with Gasteiger partial charge in [-0.05, 0) is 66.9 Å². The predicted molar refractivity (Wildman–Crippen MR) is 150 cm³/mol. The Labute approximate surface area is 241 Å². The van der Waals surface area contributed by atoms with Gasteiger partial charge in [-0.2, -0.15) is 13.2 Å². The van der Waals surface area contributed by atoms with Gasteiger partial charge < -0.3 is 10.1 Å². The number of hydrogen-bond donors (Lipinski definition) is 1. The molecule has 0 aliphatic carbocycles. The summed E-state index contributed by atoms with van der Waals surface area (Å²) in [7, 11) is -4.35. The van der Waals surface area contributed by atoms with E-state index in [-0.39, 0.29) is 47.2 Å². The fraction of sp³-hybridized carbons (Fsp3) is 0.300. The first-order valence-corrected chi connectivity index (χ1v) is 14.8. The van der Waals surface area contributed by atoms with Crippen LogP contribution >= 0.6 is 11.6 Å². The molecule has 0 spiro atoms. The van der Waals surface area contributed by atoms with E-state index in [0.29, 0.717) is 23.6 Å². The molecule has 1 heterocycles. The van der Waals surface area contributed by atoms with Crippen LogP contribution in [0.2, 0.25) is 5.02 Å². The van der Waals surface area contributed by atoms with Crippen LogP contribution in [0.1, 0.15) is 60.6 Å². The normalized spacial score (nSPS) is 17.5. The van der Waals surface area contributed by atoms with Crippen LogP contribution in [0.3, 0.4) is 0 Å². The average molecular weight is 610 g/mol. The third-order valence-corrected chi connectivity index (χ3v) is 9.18. The Balaban J connectivity index is 1.77. The number of carbonyl (C=O) groups is 1. The number of benzene rings is 3. The van der Waals surface area contributed by atoms with Gasteiger partial charge >= 0.3 is 6.18 Å². The molecule has 0 radical (unpaired) electrons. The first-order valence-electron chi connectivity index (χ1n) is 12.9. The number of carbonyl (C=O) groups excluding carboxylic acids is 1. The minimum Gasteiger partial charge on any atom is -0.488 e. The monoisotopic (exact) mass is 609 g/mol. The fourth-order valence-electron chi connectivity index (χ4n) is 4.78. The minimum atomic E-state index is -4.73. The van der Waals surface area contributed by atoms with Crippen LogP contribution in [0.4, 0.5) is 17.6 Å². The number of fused-ring (bicyclic) bond motifs is 1. The molecule has 218 valence electrons. The van der Waals surface area contributed by atoms with Gasteiger partial charge in [-0.25, -0.2) is 12.8 Å². The smallest absolute Gasteiger partial charge is 0.416 e. The Hall–Kier alpha value is -3.37. The van der Waals surface area contributed by atoms with E-state index in [1.807, 2.05) is 6.92 Å². The molecular formula is C30H28ClF4NO4S. The number of ether oxygens (including phenoxy) is 1. The van der Waals surface area contributed by atoms with Crippen molar-refractivity contribution in [3.05, 3.63) is 93.8 Å². The zero-order valence-electron chi connectivity index (χ0n) is 22.3. The Morgan fingerprint density at radius 3 is 2.54 bits per heavy atom. The second-order valence-corrected chi connectivity index (χ2v) is 12.3. The number of amides is 1. The van der Waals surface area contributed by atoms with Crippen molar-refractivity contribution < 1.29 is 35.5 Å². The SMILES string of the molecule is CCCC(=O)NCC1CC(S(=O)(=O)c2cccc(C(F)(F)F)c2)c2cc(/C=C(\C)c3c(F)cccc3Cl)ccc2O1. The van der Waals surface area contributed by atoms with Gasteiger partial charge in [0, 0.05) is 24.0 Å². The van der Waals surface area contributed by atoms with Crippen LogP contribution in [-0.2, 0) is 20.8 Å². The lowest BCUT2D eigenvalue weighted by Crippen LogP contribution is -2.39. The summed E-state index contributed by atoms with van der Waals surface area (Å²) in [6.07, 6.45) is -3.03. The summed E-state index contributed by atoms with van der Waals surface area (Å²) in [5.41, 5.74) is 0.365. The average Bonchev–Trinajstić information content (AvgIpc) is 2.91. The highest BCUT2D eigenvalue weighted by molar-refractivity contribution is 7.91. The van der Waals surface area contributed by atoms with Crippen molar-refractivity contribution in [1.29, 1.82) is 0 Å². The molecule has 11 heteroatoms. The van der Waals surface area contributed by atoms with Crippen LogP contribution in [0.25, 0.3) is 11.6 Å². The van der Waals surface area contributed by atoms with E-state index in [0.717, 1.165) is 18.2 Å². The minimum absolute atomic E-state index is 0.0272. The van der Waals surface area contributed by atoms with E-state index in [2.05, 4.69) is 5.32 Å². The Morgan fingerprint density at radius 1 is 1.12 bits per heavy atom. The molecule has 3 aromatic rings. The Morgan fingerprint density at radius 2 is 1.85 bits per heavy atom. The van der Waals surface area contributed by atoms with E-state index < -0.39 is 43.6 Å². The molecule has 41 heavy (non-hydrogen) atoms. The molecule has 0 saturated heterocycles. The standard InChI is InChI=1S/C30H28ClF4NO4S/c1-3-6-28(37)36-17-21-16-27(41(38,39)22-8-4-7-20(15-22)30(33,34)35)23-14-19(11-12-26(23)40-21)13-18(2)29-24(31)9-5-10-25(29)32/h4-5,7-15,21,27H,3,6,16-17H2,1-2H3,(H,36,37)/b18-13+. The van der Waals surface area contributed by atoms with Crippen molar-refractivity contribution >= 4 is 39.0 Å². The highest BCUT2D eigenvalue weighted by Gasteiger charge is 2.39. The number of nitrogens with one attached hydrogen (secondary N) is 1. The summed E-state index contributed by atoms with van der Waals surface area (Å²) in [5.74, 6) is -0.516. The fourth-order valence-corrected chi connectivity index (χ4v) is 6.97. The summed E-state index contributed by atoms with van der Waals surface area (Å²) in [6.45, 7) is 3.53. The van der Waals surface area contributed by atoms with Crippen LogP contribution in [0.15, 0.2) is 65.6 Å². The van der Waals surface area contributed by atoms with Crippen molar-refractivity contribution in [2.24, 2.45) is 0 Å². The number of allylic oxidation sites excluding steroid dienone is 1. The van der Waals surface area contributed by atoms with Gasteiger partial charge in [0.25, 0.3) is 0 Å². The van der Waals surface area contributed by atoms with Gasteiger partial charge in [-0.1, -0.05) is 42.8 Å². The molecule has 1 aliphatic rings. The maximum Gasteiger partial charge on any atom is 0.416 e. The molecule has 3 aromatic carbocycles. The zero-order chi connectivity index (χ0) is 29.9. The molecule has 5 nitrogen and oxygen atoms in total. The summed E-state index contributed by atoms with van der Waals surface area (Å²) >= 11 is 6.20. The predicted octanol–water partition coefficient (Wildman–Crippen LogP) is 7.64. The summed E-state index contributed by atoms with van der Waals surface area (Å²) in [6, 6.07) is 12.7. The number of hydrogen-bond acceptors (Lipinski definition) is 4. The van der Waals surface area contributed by atoms with E-state index in [4.69, 9.17) is 16.3 Å². The van der Waals surface area contributed by atoms with Gasteiger partial charge in [0.2, 0.25) is 5.91 Å². The van der Waals surface area contributed by atoms with Crippen molar-refractivity contribution in [3.8, 4) is 5.75 Å². The largest absolute Gasteiger partial charge is 0.488 e. The molecule has 0 saturated carbocycles. The molecule has 1 N–H and O–H groups in total. The molecule has 4 rings (SSSR count). The van der Waals surface area contributed by atoms with E-state index in [1.54, 1.807) is 37.3 Å². The lowest BCUT2D eigenvalue weighted by molar-refractivity contribution is -0.137. The van der Waals surface area contributed by atoms with E-state index >= 15 is 0 Å². The maximum atomic E-state index is 14.5. The zero-order valence-corrected chi connectivity index (χ0v) is 23.8. The van der Waals surface area contributed by atoms with Crippen LogP contribution in [0.5, 0.6) is 5.75 Å². The van der Waals surface area contributed by atoms with Crippen LogP contribution in [-0.4, -0.2) is 27.0 Å². The molecule has 1 aliphatic heterocycles. The Kier molecular flexibility index (Phi) is 9.13. The maximum absolute atomic E-state index is 14.5. The van der Waals surface area contributed by atoms with E-state index in [9.17, 15) is 30.8 Å². The first kappa shape index (κ1) is 30.6. The third-order valence-electron chi connectivity index (χ3n) is 6.76. The third kappa shape index (κ3) is 6.93. The molecule has 0 fully saturated rings. The van der Waals surface area contributed by atoms with Gasteiger partial charge in [0.15, 0.2) is 9.84 Å². The number of halogens is 5. The molecule has 1 amide bonds.